The van der Waals surface area contributed by atoms with Crippen molar-refractivity contribution in [3.05, 3.63) is 35.4 Å². The quantitative estimate of drug-likeness (QED) is 0.787. The second-order valence-electron chi connectivity index (χ2n) is 4.48. The zero-order valence-corrected chi connectivity index (χ0v) is 10.9. The van der Waals surface area contributed by atoms with E-state index in [0.29, 0.717) is 0 Å². The number of hydrogen-bond acceptors (Lipinski definition) is 2. The molecule has 0 amide bonds. The molecule has 0 radical (unpaired) electrons. The van der Waals surface area contributed by atoms with E-state index in [9.17, 15) is 0 Å². The standard InChI is InChI=1S/C14H21NS/c1-16-10-9-15-11-13-7-4-6-12-5-2-3-8-14(12)13/h2-3,5,8,13,15H,4,6-7,9-11H2,1H3. The molecule has 1 atom stereocenters. The van der Waals surface area contributed by atoms with Crippen molar-refractivity contribution >= 4 is 11.8 Å². The number of rotatable bonds is 5. The van der Waals surface area contributed by atoms with Crippen molar-refractivity contribution in [2.45, 2.75) is 25.2 Å². The van der Waals surface area contributed by atoms with Crippen LogP contribution in [0.1, 0.15) is 29.9 Å². The van der Waals surface area contributed by atoms with Gasteiger partial charge in [-0.3, -0.25) is 0 Å². The molecule has 1 N–H and O–H groups in total. The van der Waals surface area contributed by atoms with E-state index >= 15 is 0 Å². The van der Waals surface area contributed by atoms with Crippen LogP contribution in [0.25, 0.3) is 0 Å². The minimum absolute atomic E-state index is 0.742. The number of benzene rings is 1. The lowest BCUT2D eigenvalue weighted by Crippen LogP contribution is -2.26. The molecule has 2 rings (SSSR count). The van der Waals surface area contributed by atoms with Crippen LogP contribution < -0.4 is 5.32 Å². The maximum Gasteiger partial charge on any atom is 0.00553 e. The Morgan fingerprint density at radius 2 is 2.25 bits per heavy atom. The molecular weight excluding hydrogens is 214 g/mol. The first-order valence-electron chi connectivity index (χ1n) is 6.19. The maximum absolute atomic E-state index is 3.58. The monoisotopic (exact) mass is 235 g/mol. The lowest BCUT2D eigenvalue weighted by Gasteiger charge is -2.25. The zero-order valence-electron chi connectivity index (χ0n) is 10.0. The predicted octanol–water partition coefficient (Wildman–Crippen LogP) is 3.06. The van der Waals surface area contributed by atoms with E-state index in [1.54, 1.807) is 11.1 Å². The number of hydrogen-bond donors (Lipinski definition) is 1. The van der Waals surface area contributed by atoms with Crippen LogP contribution in [0, 0.1) is 0 Å². The van der Waals surface area contributed by atoms with Crippen molar-refractivity contribution in [3.63, 3.8) is 0 Å². The molecule has 1 unspecified atom stereocenters. The van der Waals surface area contributed by atoms with Gasteiger partial charge in [0.15, 0.2) is 0 Å². The van der Waals surface area contributed by atoms with Crippen LogP contribution in [0.4, 0.5) is 0 Å². The molecule has 1 aromatic carbocycles. The fourth-order valence-corrected chi connectivity index (χ4v) is 2.87. The van der Waals surface area contributed by atoms with Crippen molar-refractivity contribution in [1.29, 1.82) is 0 Å². The van der Waals surface area contributed by atoms with Crippen molar-refractivity contribution in [2.75, 3.05) is 25.1 Å². The molecule has 0 fully saturated rings. The molecule has 0 bridgehead atoms. The summed E-state index contributed by atoms with van der Waals surface area (Å²) < 4.78 is 0. The zero-order chi connectivity index (χ0) is 11.2. The summed E-state index contributed by atoms with van der Waals surface area (Å²) in [6, 6.07) is 8.96. The normalized spacial score (nSPS) is 19.4. The molecule has 16 heavy (non-hydrogen) atoms. The second kappa shape index (κ2) is 6.31. The summed E-state index contributed by atoms with van der Waals surface area (Å²) in [4.78, 5) is 0. The largest absolute Gasteiger partial charge is 0.315 e. The smallest absolute Gasteiger partial charge is 0.00553 e. The van der Waals surface area contributed by atoms with E-state index < -0.39 is 0 Å². The molecule has 0 aromatic heterocycles. The number of nitrogens with one attached hydrogen (secondary N) is 1. The van der Waals surface area contributed by atoms with Gasteiger partial charge < -0.3 is 5.32 Å². The molecule has 2 heteroatoms. The van der Waals surface area contributed by atoms with Crippen molar-refractivity contribution < 1.29 is 0 Å². The third-order valence-corrected chi connectivity index (χ3v) is 3.98. The Kier molecular flexibility index (Phi) is 4.73. The Labute approximate surface area is 103 Å². The predicted molar refractivity (Wildman–Crippen MR) is 73.4 cm³/mol. The molecule has 88 valence electrons. The van der Waals surface area contributed by atoms with Gasteiger partial charge in [-0.2, -0.15) is 11.8 Å². The highest BCUT2D eigenvalue weighted by Crippen LogP contribution is 2.30. The van der Waals surface area contributed by atoms with Gasteiger partial charge in [0.2, 0.25) is 0 Å². The highest BCUT2D eigenvalue weighted by Gasteiger charge is 2.18. The van der Waals surface area contributed by atoms with Crippen LogP contribution in [0.15, 0.2) is 24.3 Å². The number of fused-ring (bicyclic) bond motifs is 1. The highest BCUT2D eigenvalue weighted by atomic mass is 32.2. The Balaban J connectivity index is 1.91. The van der Waals surface area contributed by atoms with Gasteiger partial charge in [0.1, 0.15) is 0 Å². The van der Waals surface area contributed by atoms with Gasteiger partial charge in [0.05, 0.1) is 0 Å². The first-order valence-corrected chi connectivity index (χ1v) is 7.58. The average molecular weight is 235 g/mol. The van der Waals surface area contributed by atoms with Gasteiger partial charge >= 0.3 is 0 Å². The third-order valence-electron chi connectivity index (χ3n) is 3.37. The summed E-state index contributed by atoms with van der Waals surface area (Å²) in [5, 5.41) is 3.58. The summed E-state index contributed by atoms with van der Waals surface area (Å²) in [5.41, 5.74) is 3.16. The Morgan fingerprint density at radius 1 is 1.38 bits per heavy atom. The number of thioether (sulfide) groups is 1. The van der Waals surface area contributed by atoms with Gasteiger partial charge in [-0.15, -0.1) is 0 Å². The van der Waals surface area contributed by atoms with Crippen molar-refractivity contribution in [3.8, 4) is 0 Å². The van der Waals surface area contributed by atoms with Gasteiger partial charge in [-0.05, 0) is 42.6 Å². The van der Waals surface area contributed by atoms with Crippen LogP contribution >= 0.6 is 11.8 Å². The van der Waals surface area contributed by atoms with E-state index in [-0.39, 0.29) is 0 Å². The third kappa shape index (κ3) is 3.02. The van der Waals surface area contributed by atoms with Crippen LogP contribution in [0.5, 0.6) is 0 Å². The average Bonchev–Trinajstić information content (AvgIpc) is 2.35. The molecule has 1 aromatic rings. The first kappa shape index (κ1) is 12.0. The van der Waals surface area contributed by atoms with E-state index in [2.05, 4.69) is 35.8 Å². The highest BCUT2D eigenvalue weighted by molar-refractivity contribution is 7.98. The van der Waals surface area contributed by atoms with E-state index in [0.717, 1.165) is 19.0 Å². The van der Waals surface area contributed by atoms with Gasteiger partial charge in [0, 0.05) is 18.8 Å². The summed E-state index contributed by atoms with van der Waals surface area (Å²) in [6.45, 7) is 2.29. The molecule has 0 heterocycles. The van der Waals surface area contributed by atoms with Crippen molar-refractivity contribution in [1.82, 2.24) is 5.32 Å². The van der Waals surface area contributed by atoms with E-state index in [4.69, 9.17) is 0 Å². The molecule has 1 aliphatic rings. The Morgan fingerprint density at radius 3 is 3.12 bits per heavy atom. The molecular formula is C14H21NS. The van der Waals surface area contributed by atoms with Crippen molar-refractivity contribution in [2.24, 2.45) is 0 Å². The molecule has 1 nitrogen and oxygen atoms in total. The van der Waals surface area contributed by atoms with Crippen LogP contribution in [-0.2, 0) is 6.42 Å². The Hall–Kier alpha value is -0.470. The SMILES string of the molecule is CSCCNCC1CCCc2ccccc21. The van der Waals surface area contributed by atoms with Gasteiger partial charge in [0.25, 0.3) is 0 Å². The summed E-state index contributed by atoms with van der Waals surface area (Å²) >= 11 is 1.91. The fourth-order valence-electron chi connectivity index (χ4n) is 2.52. The number of aryl methyl sites for hydroxylation is 1. The van der Waals surface area contributed by atoms with Gasteiger partial charge in [-0.1, -0.05) is 24.3 Å². The summed E-state index contributed by atoms with van der Waals surface area (Å²) in [7, 11) is 0. The Bertz CT molecular complexity index is 324. The molecule has 1 aliphatic carbocycles. The maximum atomic E-state index is 3.58. The molecule has 0 aliphatic heterocycles. The van der Waals surface area contributed by atoms with Gasteiger partial charge in [-0.25, -0.2) is 0 Å². The summed E-state index contributed by atoms with van der Waals surface area (Å²) in [6.07, 6.45) is 6.14. The van der Waals surface area contributed by atoms with Crippen LogP contribution in [0.2, 0.25) is 0 Å². The van der Waals surface area contributed by atoms with E-state index in [1.165, 1.54) is 25.0 Å². The lowest BCUT2D eigenvalue weighted by atomic mass is 9.83. The topological polar surface area (TPSA) is 12.0 Å². The molecule has 0 saturated heterocycles. The molecule has 0 saturated carbocycles. The minimum atomic E-state index is 0.742. The lowest BCUT2D eigenvalue weighted by molar-refractivity contribution is 0.516. The molecule has 0 spiro atoms. The van der Waals surface area contributed by atoms with E-state index in [1.807, 2.05) is 11.8 Å². The minimum Gasteiger partial charge on any atom is -0.315 e. The first-order chi connectivity index (χ1) is 7.92. The van der Waals surface area contributed by atoms with Crippen LogP contribution in [-0.4, -0.2) is 25.1 Å². The second-order valence-corrected chi connectivity index (χ2v) is 5.47. The fraction of sp³-hybridized carbons (Fsp3) is 0.571. The summed E-state index contributed by atoms with van der Waals surface area (Å²) in [5.74, 6) is 1.96. The van der Waals surface area contributed by atoms with Crippen LogP contribution in [0.3, 0.4) is 0 Å².